The maximum absolute atomic E-state index is 14.2. The normalized spacial score (nSPS) is 38.7. The molecule has 17 nitrogen and oxygen atoms in total. The van der Waals surface area contributed by atoms with Crippen molar-refractivity contribution in [2.45, 2.75) is 123 Å². The summed E-state index contributed by atoms with van der Waals surface area (Å²) in [5.74, 6) is -5.31. The quantitative estimate of drug-likeness (QED) is 0.168. The summed E-state index contributed by atoms with van der Waals surface area (Å²) in [7, 11) is 4.24. The third kappa shape index (κ3) is 7.92. The number of rotatable bonds is 11. The van der Waals surface area contributed by atoms with Gasteiger partial charge in [0, 0.05) is 58.5 Å². The van der Waals surface area contributed by atoms with Crippen LogP contribution in [-0.4, -0.2) is 119 Å². The maximum Gasteiger partial charge on any atom is 0.334 e. The smallest absolute Gasteiger partial charge is 0.334 e. The van der Waals surface area contributed by atoms with Gasteiger partial charge in [0.05, 0.1) is 19.1 Å². The standard InChI is InChI=1S/C37H50O17/c1-17(38)47-16-25-29(48-18(2)39)30(49-19(3)40)31(50-20(4)41)35(52-25)53-27-14-23-33(43)51-24(21-13-28(44-7)54-34(21)46-9)15-36(23,5)26-12-10-11-22(32(42)45-8)37(26,27)6/h11,13,23-31,34-35H,10,12,14-16H2,1-9H3/t23-,24+,25+,26+,27+,28-,29+,30-,31+,34+,35-,36+,37+/m0/s1. The van der Waals surface area contributed by atoms with Crippen LogP contribution in [0.1, 0.15) is 67.2 Å². The molecular weight excluding hydrogens is 716 g/mol. The lowest BCUT2D eigenvalue weighted by atomic mass is 9.44. The van der Waals surface area contributed by atoms with Crippen LogP contribution in [0.2, 0.25) is 0 Å². The zero-order valence-corrected chi connectivity index (χ0v) is 32.0. The van der Waals surface area contributed by atoms with Crippen molar-refractivity contribution in [3.8, 4) is 0 Å². The van der Waals surface area contributed by atoms with Gasteiger partial charge in [-0.25, -0.2) is 4.79 Å². The van der Waals surface area contributed by atoms with Crippen molar-refractivity contribution in [1.29, 1.82) is 0 Å². The summed E-state index contributed by atoms with van der Waals surface area (Å²) in [6, 6.07) is 0. The Kier molecular flexibility index (Phi) is 12.6. The number of carbonyl (C=O) groups excluding carboxylic acids is 6. The molecule has 1 saturated carbocycles. The van der Waals surface area contributed by atoms with Crippen molar-refractivity contribution >= 4 is 35.8 Å². The van der Waals surface area contributed by atoms with Crippen LogP contribution in [0.15, 0.2) is 23.3 Å². The van der Waals surface area contributed by atoms with E-state index in [1.54, 1.807) is 12.2 Å². The number of allylic oxidation sites excluding steroid dienone is 1. The van der Waals surface area contributed by atoms with Gasteiger partial charge in [-0.05, 0) is 43.1 Å². The van der Waals surface area contributed by atoms with E-state index in [1.165, 1.54) is 28.3 Å². The summed E-state index contributed by atoms with van der Waals surface area (Å²) >= 11 is 0. The molecule has 0 amide bonds. The van der Waals surface area contributed by atoms with Gasteiger partial charge in [-0.2, -0.15) is 0 Å². The maximum atomic E-state index is 14.2. The Morgan fingerprint density at radius 3 is 2.09 bits per heavy atom. The van der Waals surface area contributed by atoms with Crippen LogP contribution in [0.5, 0.6) is 0 Å². The van der Waals surface area contributed by atoms with Crippen molar-refractivity contribution in [3.63, 3.8) is 0 Å². The molecule has 0 radical (unpaired) electrons. The zero-order chi connectivity index (χ0) is 39.7. The molecule has 0 aromatic rings. The molecule has 0 unspecified atom stereocenters. The van der Waals surface area contributed by atoms with Crippen LogP contribution >= 0.6 is 0 Å². The number of hydrogen-bond acceptors (Lipinski definition) is 17. The Bertz CT molecular complexity index is 1550. The van der Waals surface area contributed by atoms with E-state index in [2.05, 4.69) is 0 Å². The lowest BCUT2D eigenvalue weighted by Crippen LogP contribution is -2.67. The number of cyclic esters (lactones) is 1. The fourth-order valence-electron chi connectivity index (χ4n) is 9.10. The number of fused-ring (bicyclic) bond motifs is 3. The van der Waals surface area contributed by atoms with Gasteiger partial charge in [0.15, 0.2) is 37.2 Å². The van der Waals surface area contributed by atoms with E-state index in [0.717, 1.165) is 20.8 Å². The minimum absolute atomic E-state index is 0.0141. The second-order valence-corrected chi connectivity index (χ2v) is 14.6. The number of methoxy groups -OCH3 is 3. The van der Waals surface area contributed by atoms with Gasteiger partial charge >= 0.3 is 35.8 Å². The fourth-order valence-corrected chi connectivity index (χ4v) is 9.10. The molecule has 300 valence electrons. The van der Waals surface area contributed by atoms with Crippen LogP contribution in [0.3, 0.4) is 0 Å². The topological polar surface area (TPSA) is 204 Å². The van der Waals surface area contributed by atoms with Gasteiger partial charge in [-0.15, -0.1) is 0 Å². The molecule has 0 aromatic heterocycles. The lowest BCUT2D eigenvalue weighted by Gasteiger charge is -2.62. The molecule has 0 N–H and O–H groups in total. The van der Waals surface area contributed by atoms with Crippen molar-refractivity contribution in [1.82, 2.24) is 0 Å². The molecule has 17 heteroatoms. The first-order valence-electron chi connectivity index (χ1n) is 17.9. The first kappa shape index (κ1) is 41.3. The van der Waals surface area contributed by atoms with Crippen LogP contribution in [-0.2, 0) is 80.9 Å². The SMILES string of the molecule is COC(=O)C1=CCC[C@@H]2[C@]3(C)C[C@H](C4=C[C@@H](OC)O[C@H]4OC)OC(=O)[C@@H]3C[C@@H](O[C@@H]3O[C@H](COC(C)=O)[C@@H](OC(C)=O)[C@H](OC(C)=O)[C@H]3OC(C)=O)[C@]12C. The summed E-state index contributed by atoms with van der Waals surface area (Å²) in [5.41, 5.74) is -0.985. The highest BCUT2D eigenvalue weighted by Gasteiger charge is 2.67. The molecule has 13 atom stereocenters. The summed E-state index contributed by atoms with van der Waals surface area (Å²) in [6.07, 6.45) is -5.53. The fraction of sp³-hybridized carbons (Fsp3) is 0.730. The third-order valence-corrected chi connectivity index (χ3v) is 11.3. The van der Waals surface area contributed by atoms with E-state index in [9.17, 15) is 28.8 Å². The largest absolute Gasteiger partial charge is 0.466 e. The average Bonchev–Trinajstić information content (AvgIpc) is 3.53. The van der Waals surface area contributed by atoms with E-state index in [4.69, 9.17) is 52.1 Å². The molecule has 0 aromatic carbocycles. The van der Waals surface area contributed by atoms with Gasteiger partial charge in [0.25, 0.3) is 0 Å². The predicted molar refractivity (Wildman–Crippen MR) is 179 cm³/mol. The van der Waals surface area contributed by atoms with Crippen LogP contribution < -0.4 is 0 Å². The highest BCUT2D eigenvalue weighted by Crippen LogP contribution is 2.65. The first-order valence-corrected chi connectivity index (χ1v) is 17.9. The minimum atomic E-state index is -1.56. The Balaban J connectivity index is 1.59. The van der Waals surface area contributed by atoms with Crippen molar-refractivity contribution in [2.75, 3.05) is 27.9 Å². The molecule has 5 rings (SSSR count). The van der Waals surface area contributed by atoms with Gasteiger partial charge in [-0.1, -0.05) is 19.9 Å². The Morgan fingerprint density at radius 2 is 1.50 bits per heavy atom. The zero-order valence-electron chi connectivity index (χ0n) is 32.0. The molecule has 0 bridgehead atoms. The van der Waals surface area contributed by atoms with Gasteiger partial charge < -0.3 is 52.1 Å². The molecule has 3 fully saturated rings. The molecule has 2 aliphatic carbocycles. The van der Waals surface area contributed by atoms with Crippen LogP contribution in [0.25, 0.3) is 0 Å². The summed E-state index contributed by atoms with van der Waals surface area (Å²) in [4.78, 5) is 77.0. The second-order valence-electron chi connectivity index (χ2n) is 14.6. The van der Waals surface area contributed by atoms with Gasteiger partial charge in [0.2, 0.25) is 0 Å². The average molecular weight is 767 g/mol. The summed E-state index contributed by atoms with van der Waals surface area (Å²) < 4.78 is 63.2. The Morgan fingerprint density at radius 1 is 0.852 bits per heavy atom. The number of ether oxygens (including phenoxy) is 11. The third-order valence-electron chi connectivity index (χ3n) is 11.3. The van der Waals surface area contributed by atoms with Crippen LogP contribution in [0, 0.1) is 22.7 Å². The first-order chi connectivity index (χ1) is 25.5. The molecule has 3 heterocycles. The Labute approximate surface area is 313 Å². The number of esters is 6. The Hall–Kier alpha value is -3.90. The molecule has 54 heavy (non-hydrogen) atoms. The van der Waals surface area contributed by atoms with E-state index < -0.39 is 121 Å². The molecule has 0 spiro atoms. The molecular formula is C37H50O17. The molecule has 3 aliphatic heterocycles. The minimum Gasteiger partial charge on any atom is -0.466 e. The monoisotopic (exact) mass is 766 g/mol. The number of carbonyl (C=O) groups is 6. The van der Waals surface area contributed by atoms with E-state index in [1.807, 2.05) is 13.8 Å². The second kappa shape index (κ2) is 16.5. The van der Waals surface area contributed by atoms with Gasteiger partial charge in [0.1, 0.15) is 18.8 Å². The lowest BCUT2D eigenvalue weighted by molar-refractivity contribution is -0.332. The van der Waals surface area contributed by atoms with Crippen molar-refractivity contribution in [2.24, 2.45) is 22.7 Å². The van der Waals surface area contributed by atoms with E-state index in [0.29, 0.717) is 30.4 Å². The highest BCUT2D eigenvalue weighted by atomic mass is 16.8. The van der Waals surface area contributed by atoms with E-state index >= 15 is 0 Å². The van der Waals surface area contributed by atoms with Crippen LogP contribution in [0.4, 0.5) is 0 Å². The predicted octanol–water partition coefficient (Wildman–Crippen LogP) is 2.21. The number of hydrogen-bond donors (Lipinski definition) is 0. The van der Waals surface area contributed by atoms with Gasteiger partial charge in [-0.3, -0.25) is 24.0 Å². The van der Waals surface area contributed by atoms with E-state index in [-0.39, 0.29) is 6.42 Å². The van der Waals surface area contributed by atoms with Crippen molar-refractivity contribution in [3.05, 3.63) is 23.3 Å². The van der Waals surface area contributed by atoms with Crippen molar-refractivity contribution < 1.29 is 80.9 Å². The molecule has 5 aliphatic rings. The summed E-state index contributed by atoms with van der Waals surface area (Å²) in [5, 5.41) is 0. The molecule has 2 saturated heterocycles. The summed E-state index contributed by atoms with van der Waals surface area (Å²) in [6.45, 7) is 7.94. The highest BCUT2D eigenvalue weighted by molar-refractivity contribution is 5.90.